The third kappa shape index (κ3) is 4.24. The number of carbonyl (C=O) groups is 2. The molecule has 0 spiro atoms. The van der Waals surface area contributed by atoms with E-state index in [-0.39, 0.29) is 17.1 Å². The molecule has 1 aliphatic heterocycles. The van der Waals surface area contributed by atoms with Gasteiger partial charge < -0.3 is 4.90 Å². The van der Waals surface area contributed by atoms with Crippen LogP contribution in [0.15, 0.2) is 35.1 Å². The topological polar surface area (TPSA) is 75.2 Å². The number of hydrogen-bond donors (Lipinski definition) is 1. The van der Waals surface area contributed by atoms with Gasteiger partial charge in [-0.25, -0.2) is 14.4 Å². The highest BCUT2D eigenvalue weighted by molar-refractivity contribution is 9.10. The van der Waals surface area contributed by atoms with E-state index >= 15 is 0 Å². The minimum absolute atomic E-state index is 0.113. The molecule has 0 radical (unpaired) electrons. The summed E-state index contributed by atoms with van der Waals surface area (Å²) in [5, 5.41) is 2.21. The lowest BCUT2D eigenvalue weighted by molar-refractivity contribution is -0.155. The number of amides is 2. The molecule has 1 N–H and O–H groups in total. The van der Waals surface area contributed by atoms with Gasteiger partial charge in [-0.05, 0) is 23.8 Å². The Morgan fingerprint density at radius 1 is 1.30 bits per heavy atom. The molecule has 2 aromatic rings. The van der Waals surface area contributed by atoms with E-state index in [0.29, 0.717) is 4.47 Å². The van der Waals surface area contributed by atoms with Crippen molar-refractivity contribution in [1.29, 1.82) is 0 Å². The Hall–Kier alpha value is -2.56. The molecule has 0 saturated carbocycles. The van der Waals surface area contributed by atoms with Gasteiger partial charge in [0.05, 0.1) is 18.3 Å². The monoisotopic (exact) mass is 446 g/mol. The summed E-state index contributed by atoms with van der Waals surface area (Å²) in [6, 6.07) is 4.00. The van der Waals surface area contributed by atoms with Crippen LogP contribution in [0.4, 0.5) is 23.5 Å². The van der Waals surface area contributed by atoms with Gasteiger partial charge in [-0.2, -0.15) is 13.2 Å². The van der Waals surface area contributed by atoms with Crippen molar-refractivity contribution in [3.05, 3.63) is 52.0 Å². The SMILES string of the molecule is O=C(CN1C[C@H](C(F)(F)F)c2cc(Br)ccc2C1=O)Nc1ncc(F)cn1. The van der Waals surface area contributed by atoms with E-state index in [1.807, 2.05) is 0 Å². The van der Waals surface area contributed by atoms with Gasteiger partial charge >= 0.3 is 6.18 Å². The van der Waals surface area contributed by atoms with Crippen LogP contribution >= 0.6 is 15.9 Å². The molecule has 0 aliphatic carbocycles. The van der Waals surface area contributed by atoms with Crippen LogP contribution in [0.25, 0.3) is 0 Å². The fourth-order valence-corrected chi connectivity index (χ4v) is 3.10. The molecule has 2 heterocycles. The van der Waals surface area contributed by atoms with Gasteiger partial charge in [-0.15, -0.1) is 0 Å². The Morgan fingerprint density at radius 2 is 1.96 bits per heavy atom. The largest absolute Gasteiger partial charge is 0.397 e. The number of alkyl halides is 3. The summed E-state index contributed by atoms with van der Waals surface area (Å²) in [6.45, 7) is -1.31. The molecule has 142 valence electrons. The smallest absolute Gasteiger partial charge is 0.328 e. The van der Waals surface area contributed by atoms with Gasteiger partial charge in [0.1, 0.15) is 6.54 Å². The predicted octanol–water partition coefficient (Wildman–Crippen LogP) is 3.12. The second-order valence-corrected chi connectivity index (χ2v) is 6.70. The molecule has 1 aromatic heterocycles. The molecule has 6 nitrogen and oxygen atoms in total. The Bertz CT molecular complexity index is 889. The molecule has 0 saturated heterocycles. The molecule has 0 fully saturated rings. The van der Waals surface area contributed by atoms with Crippen LogP contribution in [0.1, 0.15) is 21.8 Å². The van der Waals surface area contributed by atoms with E-state index in [9.17, 15) is 27.2 Å². The van der Waals surface area contributed by atoms with Crippen LogP contribution in [-0.4, -0.2) is 45.9 Å². The van der Waals surface area contributed by atoms with Gasteiger partial charge in [0.15, 0.2) is 5.82 Å². The van der Waals surface area contributed by atoms with Crippen LogP contribution < -0.4 is 5.32 Å². The first kappa shape index (κ1) is 19.2. The molecule has 1 aliphatic rings. The lowest BCUT2D eigenvalue weighted by atomic mass is 9.88. The Morgan fingerprint density at radius 3 is 2.59 bits per heavy atom. The summed E-state index contributed by atoms with van der Waals surface area (Å²) in [4.78, 5) is 32.4. The number of carbonyl (C=O) groups excluding carboxylic acids is 2. The maximum atomic E-state index is 13.5. The van der Waals surface area contributed by atoms with Crippen LogP contribution in [0.2, 0.25) is 0 Å². The number of nitrogens with zero attached hydrogens (tertiary/aromatic N) is 3. The molecule has 1 aromatic carbocycles. The second kappa shape index (κ2) is 7.22. The first-order valence-corrected chi connectivity index (χ1v) is 8.37. The number of anilines is 1. The molecule has 2 amide bonds. The van der Waals surface area contributed by atoms with Crippen molar-refractivity contribution in [2.75, 3.05) is 18.4 Å². The number of fused-ring (bicyclic) bond motifs is 1. The quantitative estimate of drug-likeness (QED) is 0.735. The molecule has 3 rings (SSSR count). The van der Waals surface area contributed by atoms with E-state index in [1.54, 1.807) is 0 Å². The number of aromatic nitrogens is 2. The van der Waals surface area contributed by atoms with Crippen LogP contribution in [0.3, 0.4) is 0 Å². The number of benzene rings is 1. The van der Waals surface area contributed by atoms with Crippen molar-refractivity contribution in [2.24, 2.45) is 0 Å². The van der Waals surface area contributed by atoms with Crippen LogP contribution in [0, 0.1) is 5.82 Å². The highest BCUT2D eigenvalue weighted by Crippen LogP contribution is 2.41. The lowest BCUT2D eigenvalue weighted by Crippen LogP contribution is -2.47. The van der Waals surface area contributed by atoms with Crippen molar-refractivity contribution in [3.63, 3.8) is 0 Å². The average molecular weight is 447 g/mol. The van der Waals surface area contributed by atoms with E-state index in [2.05, 4.69) is 31.2 Å². The van der Waals surface area contributed by atoms with Crippen molar-refractivity contribution in [2.45, 2.75) is 12.1 Å². The molecular formula is C16H11BrF4N4O2. The van der Waals surface area contributed by atoms with E-state index in [0.717, 1.165) is 17.3 Å². The Labute approximate surface area is 158 Å². The third-order valence-corrected chi connectivity index (χ3v) is 4.40. The van der Waals surface area contributed by atoms with E-state index < -0.39 is 42.8 Å². The number of rotatable bonds is 3. The van der Waals surface area contributed by atoms with E-state index in [4.69, 9.17) is 0 Å². The maximum Gasteiger partial charge on any atom is 0.397 e. The van der Waals surface area contributed by atoms with E-state index in [1.165, 1.54) is 18.2 Å². The minimum Gasteiger partial charge on any atom is -0.328 e. The van der Waals surface area contributed by atoms with Crippen molar-refractivity contribution in [1.82, 2.24) is 14.9 Å². The first-order valence-electron chi connectivity index (χ1n) is 7.58. The molecule has 27 heavy (non-hydrogen) atoms. The highest BCUT2D eigenvalue weighted by Gasteiger charge is 2.47. The molecule has 1 atom stereocenters. The number of halogens is 5. The van der Waals surface area contributed by atoms with Crippen LogP contribution in [-0.2, 0) is 4.79 Å². The number of nitrogens with one attached hydrogen (secondary N) is 1. The summed E-state index contributed by atoms with van der Waals surface area (Å²) in [7, 11) is 0. The van der Waals surface area contributed by atoms with Gasteiger partial charge in [0.25, 0.3) is 5.91 Å². The fraction of sp³-hybridized carbons (Fsp3) is 0.250. The summed E-state index contributed by atoms with van der Waals surface area (Å²) < 4.78 is 53.6. The molecule has 0 unspecified atom stereocenters. The zero-order valence-electron chi connectivity index (χ0n) is 13.4. The maximum absolute atomic E-state index is 13.5. The Kier molecular flexibility index (Phi) is 5.13. The predicted molar refractivity (Wildman–Crippen MR) is 89.5 cm³/mol. The summed E-state index contributed by atoms with van der Waals surface area (Å²) >= 11 is 3.11. The minimum atomic E-state index is -4.59. The molecule has 11 heteroatoms. The summed E-state index contributed by atoms with van der Waals surface area (Å²) in [5.74, 6) is -4.33. The molecule has 0 bridgehead atoms. The van der Waals surface area contributed by atoms with Gasteiger partial charge in [-0.3, -0.25) is 14.9 Å². The normalized spacial score (nSPS) is 16.9. The highest BCUT2D eigenvalue weighted by atomic mass is 79.9. The average Bonchev–Trinajstić information content (AvgIpc) is 2.58. The lowest BCUT2D eigenvalue weighted by Gasteiger charge is -2.35. The summed E-state index contributed by atoms with van der Waals surface area (Å²) in [6.07, 6.45) is -2.95. The Balaban J connectivity index is 1.81. The third-order valence-electron chi connectivity index (χ3n) is 3.91. The zero-order chi connectivity index (χ0) is 19.8. The first-order chi connectivity index (χ1) is 12.6. The summed E-state index contributed by atoms with van der Waals surface area (Å²) in [5.41, 5.74) is -0.252. The number of hydrogen-bond acceptors (Lipinski definition) is 4. The standard InChI is InChI=1S/C16H11BrF4N4O2/c17-8-1-2-10-11(3-8)12(16(19,20)21)6-25(14(10)27)7-13(26)24-15-22-4-9(18)5-23-15/h1-5,12H,6-7H2,(H,22,23,24,26)/t12-/m0/s1. The van der Waals surface area contributed by atoms with Gasteiger partial charge in [0.2, 0.25) is 11.9 Å². The van der Waals surface area contributed by atoms with Crippen molar-refractivity contribution < 1.29 is 27.2 Å². The van der Waals surface area contributed by atoms with Gasteiger partial charge in [0, 0.05) is 16.6 Å². The second-order valence-electron chi connectivity index (χ2n) is 5.78. The van der Waals surface area contributed by atoms with Crippen molar-refractivity contribution >= 4 is 33.7 Å². The fourth-order valence-electron chi connectivity index (χ4n) is 2.72. The molecular weight excluding hydrogens is 436 g/mol. The van der Waals surface area contributed by atoms with Crippen molar-refractivity contribution in [3.8, 4) is 0 Å². The van der Waals surface area contributed by atoms with Gasteiger partial charge in [-0.1, -0.05) is 15.9 Å². The van der Waals surface area contributed by atoms with Crippen LogP contribution in [0.5, 0.6) is 0 Å². The zero-order valence-corrected chi connectivity index (χ0v) is 15.0.